The largest absolute Gasteiger partial charge is 0.357 e. The average molecular weight is 244 g/mol. The molecule has 1 heterocycles. The van der Waals surface area contributed by atoms with Crippen LogP contribution in [0.4, 0.5) is 11.9 Å². The predicted octanol–water partition coefficient (Wildman–Crippen LogP) is 2.41. The van der Waals surface area contributed by atoms with Gasteiger partial charge in [0.15, 0.2) is 0 Å². The number of aromatic nitrogens is 3. The monoisotopic (exact) mass is 243 g/mol. The van der Waals surface area contributed by atoms with E-state index in [-0.39, 0.29) is 10.7 Å². The van der Waals surface area contributed by atoms with Crippen molar-refractivity contribution >= 4 is 23.5 Å². The van der Waals surface area contributed by atoms with Gasteiger partial charge in [-0.3, -0.25) is 0 Å². The van der Waals surface area contributed by atoms with Crippen molar-refractivity contribution < 1.29 is 0 Å². The van der Waals surface area contributed by atoms with E-state index < -0.39 is 0 Å². The van der Waals surface area contributed by atoms with E-state index in [1.165, 1.54) is 0 Å². The van der Waals surface area contributed by atoms with Crippen LogP contribution in [-0.2, 0) is 0 Å². The summed E-state index contributed by atoms with van der Waals surface area (Å²) in [5.41, 5.74) is 0.287. The second kappa shape index (κ2) is 5.30. The summed E-state index contributed by atoms with van der Waals surface area (Å²) < 4.78 is 0. The quantitative estimate of drug-likeness (QED) is 0.851. The molecule has 0 fully saturated rings. The predicted molar refractivity (Wildman–Crippen MR) is 66.9 cm³/mol. The molecule has 1 aromatic heterocycles. The Hall–Kier alpha value is -1.10. The Morgan fingerprint density at radius 3 is 2.31 bits per heavy atom. The lowest BCUT2D eigenvalue weighted by molar-refractivity contribution is 0.389. The number of hydrogen-bond donors (Lipinski definition) is 2. The summed E-state index contributed by atoms with van der Waals surface area (Å²) >= 11 is 5.76. The molecule has 16 heavy (non-hydrogen) atoms. The smallest absolute Gasteiger partial charge is 0.228 e. The molecule has 6 heteroatoms. The minimum absolute atomic E-state index is 0.192. The third kappa shape index (κ3) is 4.61. The fourth-order valence-electron chi connectivity index (χ4n) is 1.09. The lowest BCUT2D eigenvalue weighted by Crippen LogP contribution is -2.14. The zero-order valence-electron chi connectivity index (χ0n) is 10.1. The molecule has 0 saturated carbocycles. The van der Waals surface area contributed by atoms with Gasteiger partial charge in [0.1, 0.15) is 0 Å². The van der Waals surface area contributed by atoms with Gasteiger partial charge in [-0.25, -0.2) is 0 Å². The fourth-order valence-corrected chi connectivity index (χ4v) is 1.25. The average Bonchev–Trinajstić information content (AvgIpc) is 2.14. The van der Waals surface area contributed by atoms with E-state index in [2.05, 4.69) is 46.4 Å². The molecule has 1 aromatic rings. The van der Waals surface area contributed by atoms with Gasteiger partial charge in [0, 0.05) is 13.6 Å². The van der Waals surface area contributed by atoms with E-state index >= 15 is 0 Å². The van der Waals surface area contributed by atoms with Crippen LogP contribution in [0.15, 0.2) is 0 Å². The molecular weight excluding hydrogens is 226 g/mol. The number of nitrogens with one attached hydrogen (secondary N) is 2. The molecule has 0 aromatic carbocycles. The van der Waals surface area contributed by atoms with Crippen molar-refractivity contribution in [3.63, 3.8) is 0 Å². The second-order valence-electron chi connectivity index (χ2n) is 4.74. The minimum Gasteiger partial charge on any atom is -0.357 e. The van der Waals surface area contributed by atoms with Crippen molar-refractivity contribution in [3.05, 3.63) is 5.28 Å². The van der Waals surface area contributed by atoms with Crippen LogP contribution in [0.25, 0.3) is 0 Å². The van der Waals surface area contributed by atoms with Gasteiger partial charge in [0.25, 0.3) is 0 Å². The van der Waals surface area contributed by atoms with Crippen molar-refractivity contribution in [1.29, 1.82) is 0 Å². The van der Waals surface area contributed by atoms with E-state index in [9.17, 15) is 0 Å². The minimum atomic E-state index is 0.192. The topological polar surface area (TPSA) is 62.7 Å². The van der Waals surface area contributed by atoms with Crippen molar-refractivity contribution in [3.8, 4) is 0 Å². The first kappa shape index (κ1) is 13.0. The summed E-state index contributed by atoms with van der Waals surface area (Å²) in [7, 11) is 1.74. The molecular formula is C10H18ClN5. The molecule has 0 saturated heterocycles. The van der Waals surface area contributed by atoms with Gasteiger partial charge in [-0.05, 0) is 23.4 Å². The normalized spacial score (nSPS) is 11.3. The molecule has 0 bridgehead atoms. The SMILES string of the molecule is CNc1nc(Cl)nc(NCCC(C)(C)C)n1. The molecule has 1 rings (SSSR count). The molecule has 2 N–H and O–H groups in total. The van der Waals surface area contributed by atoms with E-state index in [1.807, 2.05) is 0 Å². The maximum Gasteiger partial charge on any atom is 0.228 e. The van der Waals surface area contributed by atoms with Crippen molar-refractivity contribution in [1.82, 2.24) is 15.0 Å². The van der Waals surface area contributed by atoms with Gasteiger partial charge in [0.2, 0.25) is 17.2 Å². The number of halogens is 1. The van der Waals surface area contributed by atoms with E-state index in [0.717, 1.165) is 13.0 Å². The maximum atomic E-state index is 5.76. The standard InChI is InChI=1S/C10H18ClN5/c1-10(2,3)5-6-13-9-15-7(11)14-8(12-4)16-9/h5-6H2,1-4H3,(H2,12,13,14,15,16). The molecule has 0 spiro atoms. The molecule has 0 aliphatic carbocycles. The third-order valence-corrected chi connectivity index (χ3v) is 2.16. The first-order valence-electron chi connectivity index (χ1n) is 5.24. The summed E-state index contributed by atoms with van der Waals surface area (Å²) in [6.07, 6.45) is 1.03. The number of rotatable bonds is 4. The number of nitrogens with zero attached hydrogens (tertiary/aromatic N) is 3. The molecule has 0 aliphatic rings. The van der Waals surface area contributed by atoms with E-state index in [1.54, 1.807) is 7.05 Å². The van der Waals surface area contributed by atoms with Crippen LogP contribution in [0, 0.1) is 5.41 Å². The van der Waals surface area contributed by atoms with Crippen LogP contribution in [0.5, 0.6) is 0 Å². The zero-order chi connectivity index (χ0) is 12.2. The molecule has 0 aliphatic heterocycles. The summed E-state index contributed by atoms with van der Waals surface area (Å²) in [6, 6.07) is 0. The van der Waals surface area contributed by atoms with Crippen LogP contribution < -0.4 is 10.6 Å². The molecule has 5 nitrogen and oxygen atoms in total. The van der Waals surface area contributed by atoms with Gasteiger partial charge in [-0.1, -0.05) is 20.8 Å². The van der Waals surface area contributed by atoms with Gasteiger partial charge in [-0.15, -0.1) is 0 Å². The Labute approximate surface area is 101 Å². The summed E-state index contributed by atoms with van der Waals surface area (Å²) in [5, 5.41) is 6.15. The van der Waals surface area contributed by atoms with Gasteiger partial charge >= 0.3 is 0 Å². The highest BCUT2D eigenvalue weighted by molar-refractivity contribution is 6.28. The van der Waals surface area contributed by atoms with Crippen molar-refractivity contribution in [2.75, 3.05) is 24.2 Å². The van der Waals surface area contributed by atoms with Gasteiger partial charge < -0.3 is 10.6 Å². The number of hydrogen-bond acceptors (Lipinski definition) is 5. The first-order valence-corrected chi connectivity index (χ1v) is 5.62. The Bertz CT molecular complexity index is 348. The van der Waals surface area contributed by atoms with Gasteiger partial charge in [0.05, 0.1) is 0 Å². The Morgan fingerprint density at radius 2 is 1.75 bits per heavy atom. The van der Waals surface area contributed by atoms with Crippen LogP contribution in [0.2, 0.25) is 5.28 Å². The highest BCUT2D eigenvalue weighted by atomic mass is 35.5. The third-order valence-electron chi connectivity index (χ3n) is 1.99. The first-order chi connectivity index (χ1) is 7.40. The van der Waals surface area contributed by atoms with E-state index in [0.29, 0.717) is 11.9 Å². The van der Waals surface area contributed by atoms with Gasteiger partial charge in [-0.2, -0.15) is 15.0 Å². The fraction of sp³-hybridized carbons (Fsp3) is 0.700. The Morgan fingerprint density at radius 1 is 1.12 bits per heavy atom. The van der Waals surface area contributed by atoms with Crippen LogP contribution in [-0.4, -0.2) is 28.5 Å². The Balaban J connectivity index is 2.57. The lowest BCUT2D eigenvalue weighted by atomic mass is 9.92. The summed E-state index contributed by atoms with van der Waals surface area (Å²) in [5.74, 6) is 0.979. The molecule has 0 radical (unpaired) electrons. The maximum absolute atomic E-state index is 5.76. The van der Waals surface area contributed by atoms with Crippen LogP contribution in [0.1, 0.15) is 27.2 Å². The van der Waals surface area contributed by atoms with Crippen LogP contribution in [0.3, 0.4) is 0 Å². The molecule has 0 amide bonds. The van der Waals surface area contributed by atoms with E-state index in [4.69, 9.17) is 11.6 Å². The highest BCUT2D eigenvalue weighted by Crippen LogP contribution is 2.18. The zero-order valence-corrected chi connectivity index (χ0v) is 10.9. The number of anilines is 2. The summed E-state index contributed by atoms with van der Waals surface area (Å²) in [4.78, 5) is 12.0. The molecule has 0 atom stereocenters. The van der Waals surface area contributed by atoms with Crippen molar-refractivity contribution in [2.45, 2.75) is 27.2 Å². The van der Waals surface area contributed by atoms with Crippen molar-refractivity contribution in [2.24, 2.45) is 5.41 Å². The lowest BCUT2D eigenvalue weighted by Gasteiger charge is -2.17. The summed E-state index contributed by atoms with van der Waals surface area (Å²) in [6.45, 7) is 7.38. The Kier molecular flexibility index (Phi) is 4.29. The molecule has 90 valence electrons. The second-order valence-corrected chi connectivity index (χ2v) is 5.08. The van der Waals surface area contributed by atoms with Crippen LogP contribution >= 0.6 is 11.6 Å². The molecule has 0 unspecified atom stereocenters. The highest BCUT2D eigenvalue weighted by Gasteiger charge is 2.10.